The maximum atomic E-state index is 14.3. The van der Waals surface area contributed by atoms with E-state index in [2.05, 4.69) is 30.6 Å². The third-order valence-electron chi connectivity index (χ3n) is 17.0. The van der Waals surface area contributed by atoms with E-state index in [-0.39, 0.29) is 110 Å². The largest absolute Gasteiger partial charge is 0.494 e. The van der Waals surface area contributed by atoms with Gasteiger partial charge in [-0.1, -0.05) is 102 Å². The van der Waals surface area contributed by atoms with Crippen molar-refractivity contribution in [2.24, 2.45) is 39.6 Å². The summed E-state index contributed by atoms with van der Waals surface area (Å²) in [5.74, 6) is -0.121. The molecule has 95 heavy (non-hydrogen) atoms. The standard InChI is InChI=1S/C35H48N4O8S.C34H46N4O8S/c1-21(2)17-36-23(5)32-27-16-25(11-12-28(27)37-33(32)41)48(43,44)39(18-22(3)4)19-30(40)29(15-24-9-7-6-8-10-24)38-35(42)47-31-20-46-34-26(31)13-14-45-34;1-21(2)18-38(47(42,43)23-11-12-27-25(16-23)26(31(40)36-27)17-35-34(3,4)5)19-29(39)28(15-22-9-7-6-8-10-22)37-33(41)46-30-20-45-32-24(30)13-14-44-32/h6-12,16,21-22,26,29-31,34,37,40-41H,13-15,17-20H2,1-5H3,(H,38,42);6-12,16-17,21,24,28-30,32,36,39-40H,13-15,18-20H2,1-5H3,(H,37,41). The lowest BCUT2D eigenvalue weighted by atomic mass is 10.0. The molecule has 8 N–H and O–H groups in total. The fourth-order valence-corrected chi connectivity index (χ4v) is 15.5. The smallest absolute Gasteiger partial charge is 0.407 e. The average Bonchev–Trinajstić information content (AvgIpc) is 1.71. The molecule has 518 valence electrons. The lowest BCUT2D eigenvalue weighted by Gasteiger charge is -2.31. The minimum atomic E-state index is -4.14. The number of amides is 2. The Morgan fingerprint density at radius 2 is 1.07 bits per heavy atom. The number of fused-ring (bicyclic) bond motifs is 4. The zero-order chi connectivity index (χ0) is 68.5. The first-order chi connectivity index (χ1) is 45.0. The maximum Gasteiger partial charge on any atom is 0.407 e. The minimum Gasteiger partial charge on any atom is -0.494 e. The average molecular weight is 1360 g/mol. The maximum absolute atomic E-state index is 14.3. The van der Waals surface area contributed by atoms with Gasteiger partial charge in [0.05, 0.1) is 89.0 Å². The monoisotopic (exact) mass is 1350 g/mol. The van der Waals surface area contributed by atoms with E-state index in [1.54, 1.807) is 19.1 Å². The van der Waals surface area contributed by atoms with Crippen LogP contribution in [0.3, 0.4) is 0 Å². The van der Waals surface area contributed by atoms with E-state index in [9.17, 15) is 46.9 Å². The number of aliphatic hydroxyl groups is 2. The normalized spacial score (nSPS) is 21.4. The van der Waals surface area contributed by atoms with Gasteiger partial charge in [0.15, 0.2) is 24.3 Å². The number of rotatable bonds is 26. The fourth-order valence-electron chi connectivity index (χ4n) is 12.2. The summed E-state index contributed by atoms with van der Waals surface area (Å²) < 4.78 is 93.1. The molecule has 4 aliphatic heterocycles. The summed E-state index contributed by atoms with van der Waals surface area (Å²) in [5, 5.41) is 51.2. The van der Waals surface area contributed by atoms with E-state index in [0.717, 1.165) is 24.0 Å². The zero-order valence-corrected chi connectivity index (χ0v) is 57.4. The number of benzene rings is 4. The van der Waals surface area contributed by atoms with Crippen LogP contribution >= 0.6 is 0 Å². The Morgan fingerprint density at radius 3 is 1.52 bits per heavy atom. The second-order valence-corrected chi connectivity index (χ2v) is 31.2. The van der Waals surface area contributed by atoms with Gasteiger partial charge in [0.25, 0.3) is 0 Å². The molecule has 0 saturated carbocycles. The van der Waals surface area contributed by atoms with Crippen LogP contribution < -0.4 is 10.6 Å². The van der Waals surface area contributed by atoms with Crippen LogP contribution in [0, 0.1) is 29.6 Å². The fraction of sp³-hybridized carbons (Fsp3) is 0.536. The number of aromatic nitrogens is 2. The second-order valence-electron chi connectivity index (χ2n) is 27.3. The number of carbonyl (C=O) groups excluding carboxylic acids is 2. The van der Waals surface area contributed by atoms with Gasteiger partial charge in [-0.2, -0.15) is 8.61 Å². The van der Waals surface area contributed by atoms with Gasteiger partial charge in [-0.25, -0.2) is 26.4 Å². The van der Waals surface area contributed by atoms with Crippen molar-refractivity contribution in [2.45, 2.75) is 159 Å². The molecule has 0 spiro atoms. The number of H-pyrrole nitrogens is 2. The summed E-state index contributed by atoms with van der Waals surface area (Å²) in [4.78, 5) is 41.2. The van der Waals surface area contributed by atoms with Crippen molar-refractivity contribution in [1.82, 2.24) is 29.2 Å². The number of aliphatic hydroxyl groups excluding tert-OH is 2. The van der Waals surface area contributed by atoms with Crippen molar-refractivity contribution in [2.75, 3.05) is 59.2 Å². The lowest BCUT2D eigenvalue weighted by molar-refractivity contribution is -0.0909. The number of ether oxygens (including phenoxy) is 6. The highest BCUT2D eigenvalue weighted by atomic mass is 32.2. The molecule has 0 bridgehead atoms. The molecule has 24 nitrogen and oxygen atoms in total. The third-order valence-corrected chi connectivity index (χ3v) is 20.6. The van der Waals surface area contributed by atoms with Gasteiger partial charge in [0, 0.05) is 66.5 Å². The van der Waals surface area contributed by atoms with Crippen LogP contribution in [0.2, 0.25) is 0 Å². The van der Waals surface area contributed by atoms with Gasteiger partial charge in [0.1, 0.15) is 12.2 Å². The number of aromatic hydroxyl groups is 2. The van der Waals surface area contributed by atoms with E-state index in [4.69, 9.17) is 28.4 Å². The summed E-state index contributed by atoms with van der Waals surface area (Å²) in [7, 11) is -8.28. The first-order valence-corrected chi connectivity index (χ1v) is 35.5. The Balaban J connectivity index is 0.000000223. The van der Waals surface area contributed by atoms with Gasteiger partial charge in [-0.3, -0.25) is 9.98 Å². The van der Waals surface area contributed by atoms with Crippen LogP contribution in [0.4, 0.5) is 9.59 Å². The number of carbonyl (C=O) groups is 2. The van der Waals surface area contributed by atoms with Gasteiger partial charge in [0.2, 0.25) is 20.0 Å². The summed E-state index contributed by atoms with van der Waals surface area (Å²) in [5.41, 5.74) is 3.87. The first kappa shape index (κ1) is 72.3. The molecule has 0 aliphatic carbocycles. The van der Waals surface area contributed by atoms with E-state index >= 15 is 0 Å². The third kappa shape index (κ3) is 18.6. The molecule has 10 atom stereocenters. The zero-order valence-electron chi connectivity index (χ0n) is 55.8. The Kier molecular flexibility index (Phi) is 24.0. The molecule has 2 amide bonds. The molecule has 0 radical (unpaired) electrons. The number of alkyl carbamates (subject to hydrolysis) is 2. The highest BCUT2D eigenvalue weighted by molar-refractivity contribution is 7.89. The van der Waals surface area contributed by atoms with E-state index in [0.29, 0.717) is 64.3 Å². The Morgan fingerprint density at radius 1 is 0.632 bits per heavy atom. The van der Waals surface area contributed by atoms with Crippen LogP contribution in [0.1, 0.15) is 104 Å². The molecule has 6 heterocycles. The summed E-state index contributed by atoms with van der Waals surface area (Å²) >= 11 is 0. The molecule has 4 aromatic carbocycles. The van der Waals surface area contributed by atoms with Crippen molar-refractivity contribution in [1.29, 1.82) is 0 Å². The number of sulfonamides is 2. The predicted molar refractivity (Wildman–Crippen MR) is 361 cm³/mol. The molecule has 4 fully saturated rings. The second kappa shape index (κ2) is 31.5. The van der Waals surface area contributed by atoms with Crippen LogP contribution in [-0.4, -0.2) is 194 Å². The van der Waals surface area contributed by atoms with Gasteiger partial charge in [-0.05, 0) is 119 Å². The van der Waals surface area contributed by atoms with Crippen molar-refractivity contribution in [3.8, 4) is 11.8 Å². The van der Waals surface area contributed by atoms with Crippen molar-refractivity contribution in [3.05, 3.63) is 119 Å². The summed E-state index contributed by atoms with van der Waals surface area (Å²) in [6.45, 7) is 21.0. The molecular weight excluding hydrogens is 1260 g/mol. The molecule has 4 saturated heterocycles. The Bertz CT molecular complexity index is 3860. The van der Waals surface area contributed by atoms with E-state index < -0.39 is 74.3 Å². The van der Waals surface area contributed by atoms with Crippen LogP contribution in [0.5, 0.6) is 11.8 Å². The van der Waals surface area contributed by atoms with E-state index in [1.165, 1.54) is 39.1 Å². The van der Waals surface area contributed by atoms with Gasteiger partial charge < -0.3 is 69.4 Å². The number of nitrogens with zero attached hydrogens (tertiary/aromatic N) is 4. The predicted octanol–water partition coefficient (Wildman–Crippen LogP) is 8.64. The molecule has 6 aromatic rings. The molecule has 26 heteroatoms. The number of hydrogen-bond acceptors (Lipinski definition) is 18. The SMILES string of the molecule is CC(=NCC(C)C)c1c(O)[nH]c2ccc(S(=O)(=O)N(CC(C)C)CC(O)C(Cc3ccccc3)NC(=O)OC3COC4OCCC34)cc12.CC(C)CN(CC(O)C(Cc1ccccc1)NC(=O)OC1COC2OCCC12)S(=O)(=O)c1ccc2[nH]c(O)c(C=NC(C)(C)C)c2c1. The van der Waals surface area contributed by atoms with Crippen molar-refractivity contribution >= 4 is 66.0 Å². The number of hydrogen-bond donors (Lipinski definition) is 8. The van der Waals surface area contributed by atoms with Crippen molar-refractivity contribution < 1.29 is 75.3 Å². The number of aromatic amines is 2. The Labute approximate surface area is 556 Å². The highest BCUT2D eigenvalue weighted by Gasteiger charge is 2.46. The van der Waals surface area contributed by atoms with Crippen molar-refractivity contribution in [3.63, 3.8) is 0 Å². The summed E-state index contributed by atoms with van der Waals surface area (Å²) in [6.07, 6.45) is -2.24. The first-order valence-electron chi connectivity index (χ1n) is 32.7. The van der Waals surface area contributed by atoms with Gasteiger partial charge in [-0.15, -0.1) is 0 Å². The summed E-state index contributed by atoms with van der Waals surface area (Å²) in [6, 6.07) is 26.2. The van der Waals surface area contributed by atoms with Crippen LogP contribution in [0.25, 0.3) is 21.8 Å². The molecular formula is C69H94N8O16S2. The van der Waals surface area contributed by atoms with E-state index in [1.807, 2.05) is 123 Å². The van der Waals surface area contributed by atoms with Gasteiger partial charge >= 0.3 is 12.2 Å². The Hall–Kier alpha value is -6.98. The number of nitrogens with one attached hydrogen (secondary N) is 4. The quantitative estimate of drug-likeness (QED) is 0.0236. The molecule has 10 unspecified atom stereocenters. The molecule has 4 aliphatic rings. The van der Waals surface area contributed by atoms with Crippen LogP contribution in [-0.2, 0) is 61.3 Å². The highest BCUT2D eigenvalue weighted by Crippen LogP contribution is 2.36. The minimum absolute atomic E-state index is 0.00353. The van der Waals surface area contributed by atoms with Crippen LogP contribution in [0.15, 0.2) is 117 Å². The molecule has 2 aromatic heterocycles. The lowest BCUT2D eigenvalue weighted by Crippen LogP contribution is -2.51. The number of aliphatic imine (C=N–C) groups is 2. The molecule has 10 rings (SSSR count). The topological polar surface area (TPSA) is 326 Å².